The van der Waals surface area contributed by atoms with Gasteiger partial charge in [0.1, 0.15) is 5.60 Å². The molecule has 1 aromatic carbocycles. The van der Waals surface area contributed by atoms with Crippen molar-refractivity contribution in [2.45, 2.75) is 45.8 Å². The van der Waals surface area contributed by atoms with Crippen LogP contribution in [0.3, 0.4) is 0 Å². The molecular weight excluding hydrogens is 384 g/mol. The minimum absolute atomic E-state index is 0.0423. The molecule has 1 heterocycles. The first-order chi connectivity index (χ1) is 14.0. The first kappa shape index (κ1) is 22.9. The molecule has 1 amide bonds. The number of nitrogens with one attached hydrogen (secondary N) is 3. The molecule has 1 unspecified atom stereocenters. The molecule has 0 radical (unpaired) electrons. The molecule has 6 nitrogen and oxygen atoms in total. The Morgan fingerprint density at radius 2 is 1.90 bits per heavy atom. The van der Waals surface area contributed by atoms with Crippen molar-refractivity contribution < 1.29 is 9.90 Å². The average Bonchev–Trinajstić information content (AvgIpc) is 3.26. The first-order valence-electron chi connectivity index (χ1n) is 10.1. The number of unbranched alkanes of at least 4 members (excludes halogenated alkanes) is 1. The predicted molar refractivity (Wildman–Crippen MR) is 120 cm³/mol. The van der Waals surface area contributed by atoms with Gasteiger partial charge in [-0.15, -0.1) is 11.3 Å². The summed E-state index contributed by atoms with van der Waals surface area (Å²) in [5.41, 5.74) is 0.708. The van der Waals surface area contributed by atoms with Gasteiger partial charge in [-0.1, -0.05) is 31.5 Å². The van der Waals surface area contributed by atoms with Crippen LogP contribution in [0.4, 0.5) is 0 Å². The second-order valence-corrected chi connectivity index (χ2v) is 8.05. The summed E-state index contributed by atoms with van der Waals surface area (Å²) in [6.07, 6.45) is 2.04. The fraction of sp³-hybridized carbons (Fsp3) is 0.455. The minimum atomic E-state index is -0.961. The van der Waals surface area contributed by atoms with Crippen LogP contribution in [0.15, 0.2) is 46.8 Å². The van der Waals surface area contributed by atoms with Crippen molar-refractivity contribution >= 4 is 23.2 Å². The summed E-state index contributed by atoms with van der Waals surface area (Å²) < 4.78 is 0. The van der Waals surface area contributed by atoms with E-state index in [1.165, 1.54) is 11.3 Å². The number of carbonyl (C=O) groups is 1. The monoisotopic (exact) mass is 416 g/mol. The highest BCUT2D eigenvalue weighted by molar-refractivity contribution is 7.10. The molecule has 2 aromatic rings. The summed E-state index contributed by atoms with van der Waals surface area (Å²) in [6, 6.07) is 11.4. The molecule has 0 aliphatic carbocycles. The van der Waals surface area contributed by atoms with Gasteiger partial charge in [-0.2, -0.15) is 0 Å². The van der Waals surface area contributed by atoms with Crippen LogP contribution >= 0.6 is 11.3 Å². The van der Waals surface area contributed by atoms with E-state index in [0.29, 0.717) is 31.2 Å². The molecule has 0 spiro atoms. The van der Waals surface area contributed by atoms with E-state index in [4.69, 9.17) is 0 Å². The quantitative estimate of drug-likeness (QED) is 0.272. The highest BCUT2D eigenvalue weighted by Gasteiger charge is 2.24. The van der Waals surface area contributed by atoms with E-state index in [1.807, 2.05) is 48.7 Å². The predicted octanol–water partition coefficient (Wildman–Crippen LogP) is 3.24. The van der Waals surface area contributed by atoms with Crippen LogP contribution < -0.4 is 16.0 Å². The number of aliphatic imine (C=N–C) groups is 1. The number of hydrogen-bond acceptors (Lipinski definition) is 4. The number of thiophene rings is 1. The van der Waals surface area contributed by atoms with Gasteiger partial charge in [0, 0.05) is 23.5 Å². The molecule has 1 atom stereocenters. The molecule has 2 rings (SSSR count). The first-order valence-corrected chi connectivity index (χ1v) is 11.0. The number of carbonyl (C=O) groups excluding carboxylic acids is 1. The van der Waals surface area contributed by atoms with Crippen LogP contribution in [-0.4, -0.2) is 36.6 Å². The highest BCUT2D eigenvalue weighted by atomic mass is 32.1. The van der Waals surface area contributed by atoms with E-state index in [1.54, 1.807) is 6.92 Å². The maximum Gasteiger partial charge on any atom is 0.251 e. The second-order valence-electron chi connectivity index (χ2n) is 7.11. The van der Waals surface area contributed by atoms with Crippen molar-refractivity contribution in [3.05, 3.63) is 57.8 Å². The molecule has 0 saturated carbocycles. The molecule has 158 valence electrons. The van der Waals surface area contributed by atoms with Gasteiger partial charge in [-0.05, 0) is 49.4 Å². The SMILES string of the molecule is CCCCNC(=O)c1ccc(CN=C(NCC)NCC(C)(O)c2cccs2)cc1. The van der Waals surface area contributed by atoms with E-state index in [2.05, 4.69) is 27.9 Å². The number of amides is 1. The molecule has 1 aromatic heterocycles. The van der Waals surface area contributed by atoms with Crippen molar-refractivity contribution in [2.75, 3.05) is 19.6 Å². The van der Waals surface area contributed by atoms with E-state index in [-0.39, 0.29) is 5.91 Å². The Balaban J connectivity index is 1.93. The van der Waals surface area contributed by atoms with Crippen LogP contribution in [0.1, 0.15) is 54.4 Å². The van der Waals surface area contributed by atoms with Gasteiger partial charge in [0.2, 0.25) is 0 Å². The Kier molecular flexibility index (Phi) is 9.15. The molecule has 29 heavy (non-hydrogen) atoms. The second kappa shape index (κ2) is 11.6. The van der Waals surface area contributed by atoms with Crippen LogP contribution in [-0.2, 0) is 12.1 Å². The Labute approximate surface area is 177 Å². The fourth-order valence-electron chi connectivity index (χ4n) is 2.68. The minimum Gasteiger partial charge on any atom is -0.383 e. The smallest absolute Gasteiger partial charge is 0.251 e. The van der Waals surface area contributed by atoms with Crippen LogP contribution in [0.5, 0.6) is 0 Å². The molecule has 0 aliphatic heterocycles. The van der Waals surface area contributed by atoms with E-state index >= 15 is 0 Å². The molecule has 7 heteroatoms. The third-order valence-corrected chi connectivity index (χ3v) is 5.57. The number of nitrogens with zero attached hydrogens (tertiary/aromatic N) is 1. The zero-order chi connectivity index (χ0) is 21.1. The van der Waals surface area contributed by atoms with Crippen LogP contribution in [0, 0.1) is 0 Å². The van der Waals surface area contributed by atoms with Gasteiger partial charge in [-0.3, -0.25) is 4.79 Å². The van der Waals surface area contributed by atoms with Gasteiger partial charge in [0.05, 0.1) is 13.1 Å². The Morgan fingerprint density at radius 3 is 2.52 bits per heavy atom. The molecular formula is C22H32N4O2S. The standard InChI is InChI=1S/C22H32N4O2S/c1-4-6-13-24-20(27)18-11-9-17(10-12-18)15-25-21(23-5-2)26-16-22(3,28)19-8-7-14-29-19/h7-12,14,28H,4-6,13,15-16H2,1-3H3,(H,24,27)(H2,23,25,26). The summed E-state index contributed by atoms with van der Waals surface area (Å²) >= 11 is 1.53. The summed E-state index contributed by atoms with van der Waals surface area (Å²) in [4.78, 5) is 17.6. The molecule has 4 N–H and O–H groups in total. The van der Waals surface area contributed by atoms with Crippen LogP contribution in [0.25, 0.3) is 0 Å². The lowest BCUT2D eigenvalue weighted by Crippen LogP contribution is -2.44. The van der Waals surface area contributed by atoms with Crippen molar-refractivity contribution in [2.24, 2.45) is 4.99 Å². The third kappa shape index (κ3) is 7.51. The Bertz CT molecular complexity index is 771. The van der Waals surface area contributed by atoms with Gasteiger partial charge in [-0.25, -0.2) is 4.99 Å². The number of aliphatic hydroxyl groups is 1. The van der Waals surface area contributed by atoms with Crippen LogP contribution in [0.2, 0.25) is 0 Å². The summed E-state index contributed by atoms with van der Waals surface area (Å²) in [6.45, 7) is 8.16. The summed E-state index contributed by atoms with van der Waals surface area (Å²) in [5.74, 6) is 0.602. The molecule has 0 bridgehead atoms. The zero-order valence-corrected chi connectivity index (χ0v) is 18.3. The average molecular weight is 417 g/mol. The fourth-order valence-corrected chi connectivity index (χ4v) is 3.47. The maximum atomic E-state index is 12.1. The van der Waals surface area contributed by atoms with Gasteiger partial charge in [0.15, 0.2) is 5.96 Å². The number of rotatable bonds is 10. The molecule has 0 fully saturated rings. The van der Waals surface area contributed by atoms with Gasteiger partial charge < -0.3 is 21.1 Å². The van der Waals surface area contributed by atoms with Crippen molar-refractivity contribution in [3.8, 4) is 0 Å². The molecule has 0 aliphatic rings. The summed E-state index contributed by atoms with van der Waals surface area (Å²) in [7, 11) is 0. The normalized spacial score (nSPS) is 13.6. The lowest BCUT2D eigenvalue weighted by molar-refractivity contribution is 0.0655. The van der Waals surface area contributed by atoms with Gasteiger partial charge >= 0.3 is 0 Å². The number of benzene rings is 1. The zero-order valence-electron chi connectivity index (χ0n) is 17.5. The Hall–Kier alpha value is -2.38. The third-order valence-electron chi connectivity index (χ3n) is 4.45. The maximum absolute atomic E-state index is 12.1. The highest BCUT2D eigenvalue weighted by Crippen LogP contribution is 2.24. The van der Waals surface area contributed by atoms with Crippen molar-refractivity contribution in [1.82, 2.24) is 16.0 Å². The van der Waals surface area contributed by atoms with Crippen molar-refractivity contribution in [3.63, 3.8) is 0 Å². The van der Waals surface area contributed by atoms with Gasteiger partial charge in [0.25, 0.3) is 5.91 Å². The Morgan fingerprint density at radius 1 is 1.14 bits per heavy atom. The number of guanidine groups is 1. The number of hydrogen-bond donors (Lipinski definition) is 4. The topological polar surface area (TPSA) is 85.8 Å². The lowest BCUT2D eigenvalue weighted by atomic mass is 10.1. The van der Waals surface area contributed by atoms with Crippen molar-refractivity contribution in [1.29, 1.82) is 0 Å². The van der Waals surface area contributed by atoms with E-state index in [0.717, 1.165) is 29.8 Å². The largest absolute Gasteiger partial charge is 0.383 e. The summed E-state index contributed by atoms with van der Waals surface area (Å²) in [5, 5.41) is 21.9. The lowest BCUT2D eigenvalue weighted by Gasteiger charge is -2.23. The molecule has 0 saturated heterocycles. The van der Waals surface area contributed by atoms with E-state index in [9.17, 15) is 9.90 Å². The van der Waals surface area contributed by atoms with E-state index < -0.39 is 5.60 Å².